The number of nitrogens with zero attached hydrogens (tertiary/aromatic N) is 3. The molecule has 0 spiro atoms. The first-order chi connectivity index (χ1) is 6.90. The Morgan fingerprint density at radius 3 is 3.00 bits per heavy atom. The van der Waals surface area contributed by atoms with Gasteiger partial charge in [-0.3, -0.25) is 5.10 Å². The highest BCUT2D eigenvalue weighted by Gasteiger charge is 2.09. The summed E-state index contributed by atoms with van der Waals surface area (Å²) in [6, 6.07) is 2.10. The zero-order valence-electron chi connectivity index (χ0n) is 7.07. The Hall–Kier alpha value is -2.35. The molecule has 3 rings (SSSR count). The minimum atomic E-state index is 0.550. The van der Waals surface area contributed by atoms with Crippen LogP contribution < -0.4 is 0 Å². The fourth-order valence-electron chi connectivity index (χ4n) is 1.57. The first-order valence-electron chi connectivity index (χ1n) is 4.09. The van der Waals surface area contributed by atoms with Gasteiger partial charge in [-0.25, -0.2) is 9.97 Å². The van der Waals surface area contributed by atoms with Crippen molar-refractivity contribution < 1.29 is 0 Å². The summed E-state index contributed by atoms with van der Waals surface area (Å²) in [7, 11) is 0. The van der Waals surface area contributed by atoms with Gasteiger partial charge in [-0.1, -0.05) is 0 Å². The molecule has 0 amide bonds. The summed E-state index contributed by atoms with van der Waals surface area (Å²) in [6.45, 7) is 0. The molecule has 0 aliphatic rings. The van der Waals surface area contributed by atoms with Crippen LogP contribution in [0.2, 0.25) is 0 Å². The fraction of sp³-hybridized carbons (Fsp3) is 0. The fourth-order valence-corrected chi connectivity index (χ4v) is 1.57. The van der Waals surface area contributed by atoms with E-state index in [0.29, 0.717) is 11.2 Å². The molecule has 66 valence electrons. The smallest absolute Gasteiger partial charge is 0.162 e. The number of fused-ring (bicyclic) bond motifs is 3. The lowest BCUT2D eigenvalue weighted by atomic mass is 10.2. The molecule has 0 unspecified atom stereocenters. The monoisotopic (exact) mass is 183 g/mol. The van der Waals surface area contributed by atoms with Crippen LogP contribution in [0.4, 0.5) is 0 Å². The summed E-state index contributed by atoms with van der Waals surface area (Å²) >= 11 is 0. The first kappa shape index (κ1) is 7.09. The molecule has 14 heavy (non-hydrogen) atoms. The summed E-state index contributed by atoms with van der Waals surface area (Å²) in [6.07, 6.45) is 5.06. The van der Waals surface area contributed by atoms with Crippen molar-refractivity contribution >= 4 is 21.9 Å². The molecule has 0 fully saturated rings. The Balaban J connectivity index is 2.66. The van der Waals surface area contributed by atoms with Crippen molar-refractivity contribution in [2.45, 2.75) is 0 Å². The molecule has 0 aromatic carbocycles. The van der Waals surface area contributed by atoms with Crippen LogP contribution in [0.15, 0.2) is 18.6 Å². The number of nitrogens with one attached hydrogen (secondary N) is 2. The molecular formula is C9H5N5. The van der Waals surface area contributed by atoms with Crippen LogP contribution >= 0.6 is 0 Å². The second kappa shape index (κ2) is 2.33. The van der Waals surface area contributed by atoms with E-state index in [1.54, 1.807) is 12.4 Å². The highest BCUT2D eigenvalue weighted by molar-refractivity contribution is 6.04. The average molecular weight is 183 g/mol. The number of pyridine rings is 1. The van der Waals surface area contributed by atoms with Crippen LogP contribution in [-0.4, -0.2) is 20.2 Å². The Bertz CT molecular complexity index is 654. The standard InChI is InChI=1S/C9H5N5/c10-1-5-2-11-9-7(5)8-6(3-12-9)4-13-14-8/h2-4,13-14H. The Morgan fingerprint density at radius 1 is 1.29 bits per heavy atom. The molecule has 0 radical (unpaired) electrons. The topological polar surface area (TPSA) is 81.2 Å². The van der Waals surface area contributed by atoms with Crippen LogP contribution in [0.5, 0.6) is 0 Å². The molecule has 2 N–H and O–H groups in total. The highest BCUT2D eigenvalue weighted by Crippen LogP contribution is 2.23. The van der Waals surface area contributed by atoms with Gasteiger partial charge in [-0.05, 0) is 0 Å². The van der Waals surface area contributed by atoms with Crippen molar-refractivity contribution in [3.05, 3.63) is 24.2 Å². The van der Waals surface area contributed by atoms with Crippen molar-refractivity contribution in [3.8, 4) is 6.07 Å². The molecule has 0 saturated heterocycles. The number of hydrogen-bond donors (Lipinski definition) is 2. The number of aromatic amines is 2. The van der Waals surface area contributed by atoms with E-state index in [0.717, 1.165) is 16.3 Å². The van der Waals surface area contributed by atoms with E-state index in [9.17, 15) is 0 Å². The molecule has 3 aromatic heterocycles. The molecule has 0 atom stereocenters. The molecule has 3 aromatic rings. The lowest BCUT2D eigenvalue weighted by Crippen LogP contribution is -1.78. The lowest BCUT2D eigenvalue weighted by Gasteiger charge is -1.90. The maximum absolute atomic E-state index is 8.88. The van der Waals surface area contributed by atoms with E-state index in [1.807, 2.05) is 0 Å². The molecule has 5 heteroatoms. The van der Waals surface area contributed by atoms with Gasteiger partial charge in [0.25, 0.3) is 0 Å². The second-order valence-corrected chi connectivity index (χ2v) is 2.98. The minimum absolute atomic E-state index is 0.550. The maximum Gasteiger partial charge on any atom is 0.162 e. The van der Waals surface area contributed by atoms with E-state index < -0.39 is 0 Å². The van der Waals surface area contributed by atoms with Crippen molar-refractivity contribution in [3.63, 3.8) is 0 Å². The molecule has 0 aliphatic carbocycles. The zero-order chi connectivity index (χ0) is 9.54. The van der Waals surface area contributed by atoms with Crippen molar-refractivity contribution in [2.75, 3.05) is 0 Å². The van der Waals surface area contributed by atoms with Crippen LogP contribution in [0, 0.1) is 11.3 Å². The Labute approximate surface area is 78.4 Å². The lowest BCUT2D eigenvalue weighted by molar-refractivity contribution is 1.12. The summed E-state index contributed by atoms with van der Waals surface area (Å²) < 4.78 is 0. The predicted octanol–water partition coefficient (Wildman–Crippen LogP) is 1.31. The van der Waals surface area contributed by atoms with Gasteiger partial charge in [-0.15, -0.1) is 0 Å². The molecular weight excluding hydrogens is 178 g/mol. The number of hydrogen-bond acceptors (Lipinski definition) is 3. The third kappa shape index (κ3) is 0.721. The average Bonchev–Trinajstić information content (AvgIpc) is 2.82. The van der Waals surface area contributed by atoms with Crippen molar-refractivity contribution in [1.82, 2.24) is 20.2 Å². The van der Waals surface area contributed by atoms with Gasteiger partial charge < -0.3 is 5.10 Å². The van der Waals surface area contributed by atoms with Gasteiger partial charge in [0.2, 0.25) is 0 Å². The summed E-state index contributed by atoms with van der Waals surface area (Å²) in [5.74, 6) is 0. The van der Waals surface area contributed by atoms with Gasteiger partial charge in [-0.2, -0.15) is 5.26 Å². The van der Waals surface area contributed by atoms with Crippen LogP contribution in [-0.2, 0) is 0 Å². The van der Waals surface area contributed by atoms with Gasteiger partial charge in [0.1, 0.15) is 6.07 Å². The molecule has 0 bridgehead atoms. The number of nitriles is 1. The SMILES string of the molecule is N#Cc1cnc2ncc3c[nH][nH]c3c12. The van der Waals surface area contributed by atoms with Gasteiger partial charge in [0.15, 0.2) is 5.65 Å². The third-order valence-electron chi connectivity index (χ3n) is 2.22. The molecule has 3 heterocycles. The van der Waals surface area contributed by atoms with E-state index in [2.05, 4.69) is 26.2 Å². The normalized spacial score (nSPS) is 10.8. The summed E-state index contributed by atoms with van der Waals surface area (Å²) in [4.78, 5) is 8.20. The van der Waals surface area contributed by atoms with Gasteiger partial charge in [0.05, 0.1) is 16.5 Å². The number of aromatic nitrogens is 4. The van der Waals surface area contributed by atoms with E-state index in [1.165, 1.54) is 6.20 Å². The number of rotatable bonds is 0. The zero-order valence-corrected chi connectivity index (χ0v) is 7.07. The number of H-pyrrole nitrogens is 2. The second-order valence-electron chi connectivity index (χ2n) is 2.98. The largest absolute Gasteiger partial charge is 0.307 e. The van der Waals surface area contributed by atoms with Gasteiger partial charge in [0, 0.05) is 24.0 Å². The quantitative estimate of drug-likeness (QED) is 0.551. The van der Waals surface area contributed by atoms with Crippen LogP contribution in [0.3, 0.4) is 0 Å². The summed E-state index contributed by atoms with van der Waals surface area (Å²) in [5.41, 5.74) is 2.03. The van der Waals surface area contributed by atoms with Crippen molar-refractivity contribution in [2.24, 2.45) is 0 Å². The first-order valence-corrected chi connectivity index (χ1v) is 4.09. The van der Waals surface area contributed by atoms with Crippen LogP contribution in [0.25, 0.3) is 21.9 Å². The summed E-state index contributed by atoms with van der Waals surface area (Å²) in [5, 5.41) is 16.4. The molecule has 5 nitrogen and oxygen atoms in total. The van der Waals surface area contributed by atoms with E-state index in [4.69, 9.17) is 5.26 Å². The van der Waals surface area contributed by atoms with E-state index >= 15 is 0 Å². The molecule has 0 saturated carbocycles. The Kier molecular flexibility index (Phi) is 1.18. The minimum Gasteiger partial charge on any atom is -0.307 e. The highest BCUT2D eigenvalue weighted by atomic mass is 15.1. The van der Waals surface area contributed by atoms with E-state index in [-0.39, 0.29) is 0 Å². The van der Waals surface area contributed by atoms with Crippen molar-refractivity contribution in [1.29, 1.82) is 5.26 Å². The maximum atomic E-state index is 8.88. The van der Waals surface area contributed by atoms with Crippen LogP contribution in [0.1, 0.15) is 5.56 Å². The molecule has 0 aliphatic heterocycles. The Morgan fingerprint density at radius 2 is 2.14 bits per heavy atom. The third-order valence-corrected chi connectivity index (χ3v) is 2.22. The predicted molar refractivity (Wildman–Crippen MR) is 50.5 cm³/mol. The van der Waals surface area contributed by atoms with Gasteiger partial charge >= 0.3 is 0 Å².